The fraction of sp³-hybridized carbons (Fsp3) is 0.316. The maximum Gasteiger partial charge on any atom is 0.188 e. The van der Waals surface area contributed by atoms with Crippen LogP contribution in [0.25, 0.3) is 0 Å². The first-order valence-electron chi connectivity index (χ1n) is 8.12. The lowest BCUT2D eigenvalue weighted by Gasteiger charge is -2.38. The number of rotatable bonds is 4. The molecule has 2 aliphatic rings. The number of ether oxygens (including phenoxy) is 1. The third kappa shape index (κ3) is 2.89. The highest BCUT2D eigenvalue weighted by molar-refractivity contribution is 7.98. The second-order valence-corrected chi connectivity index (χ2v) is 7.47. The van der Waals surface area contributed by atoms with Crippen molar-refractivity contribution in [2.75, 3.05) is 12.0 Å². The van der Waals surface area contributed by atoms with Crippen LogP contribution in [0.5, 0.6) is 5.75 Å². The van der Waals surface area contributed by atoms with Gasteiger partial charge in [0.1, 0.15) is 5.75 Å². The molecule has 2 aromatic rings. The number of hydrazone groups is 1. The standard InChI is InChI=1S/C19H19ClN2OS/c1-24-10-9-19-22-17(15-7-2-3-8-18(15)23-19)12-16(21-22)13-5-4-6-14(20)11-13/h2-8,11,17,19H,9-10,12H2,1H3/t17-,19+/m0/s1. The maximum atomic E-state index is 6.24. The Bertz CT molecular complexity index is 779. The predicted molar refractivity (Wildman–Crippen MR) is 101 cm³/mol. The van der Waals surface area contributed by atoms with Gasteiger partial charge in [-0.3, -0.25) is 5.01 Å². The Morgan fingerprint density at radius 2 is 2.12 bits per heavy atom. The first-order chi connectivity index (χ1) is 11.8. The van der Waals surface area contributed by atoms with Gasteiger partial charge in [-0.05, 0) is 35.8 Å². The van der Waals surface area contributed by atoms with Crippen LogP contribution in [0, 0.1) is 0 Å². The molecule has 2 heterocycles. The Morgan fingerprint density at radius 3 is 2.96 bits per heavy atom. The van der Waals surface area contributed by atoms with Gasteiger partial charge in [-0.25, -0.2) is 0 Å². The fourth-order valence-electron chi connectivity index (χ4n) is 3.36. The summed E-state index contributed by atoms with van der Waals surface area (Å²) in [7, 11) is 0. The lowest BCUT2D eigenvalue weighted by Crippen LogP contribution is -2.40. The number of benzene rings is 2. The molecule has 0 spiro atoms. The second-order valence-electron chi connectivity index (χ2n) is 6.05. The average Bonchev–Trinajstić information content (AvgIpc) is 3.05. The molecule has 3 nitrogen and oxygen atoms in total. The van der Waals surface area contributed by atoms with Gasteiger partial charge in [0, 0.05) is 23.4 Å². The molecule has 2 aromatic carbocycles. The summed E-state index contributed by atoms with van der Waals surface area (Å²) < 4.78 is 6.24. The number of nitrogens with zero attached hydrogens (tertiary/aromatic N) is 2. The van der Waals surface area contributed by atoms with Crippen LogP contribution >= 0.6 is 23.4 Å². The van der Waals surface area contributed by atoms with Gasteiger partial charge < -0.3 is 4.74 Å². The van der Waals surface area contributed by atoms with Gasteiger partial charge in [0.2, 0.25) is 0 Å². The zero-order valence-corrected chi connectivity index (χ0v) is 15.1. The molecule has 0 saturated heterocycles. The minimum atomic E-state index is -0.00552. The summed E-state index contributed by atoms with van der Waals surface area (Å²) in [5, 5.41) is 7.81. The van der Waals surface area contributed by atoms with Gasteiger partial charge in [0.05, 0.1) is 11.8 Å². The van der Waals surface area contributed by atoms with E-state index in [0.29, 0.717) is 0 Å². The Balaban J connectivity index is 1.69. The van der Waals surface area contributed by atoms with Gasteiger partial charge in [-0.1, -0.05) is 41.9 Å². The molecule has 0 N–H and O–H groups in total. The minimum Gasteiger partial charge on any atom is -0.469 e. The summed E-state index contributed by atoms with van der Waals surface area (Å²) in [6, 6.07) is 16.5. The van der Waals surface area contributed by atoms with Gasteiger partial charge in [-0.2, -0.15) is 16.9 Å². The molecule has 4 rings (SSSR count). The lowest BCUT2D eigenvalue weighted by atomic mass is 9.96. The van der Waals surface area contributed by atoms with Crippen LogP contribution in [0.3, 0.4) is 0 Å². The van der Waals surface area contributed by atoms with E-state index in [4.69, 9.17) is 21.4 Å². The van der Waals surface area contributed by atoms with Gasteiger partial charge in [0.25, 0.3) is 0 Å². The lowest BCUT2D eigenvalue weighted by molar-refractivity contribution is -0.0180. The van der Waals surface area contributed by atoms with Crippen molar-refractivity contribution < 1.29 is 4.74 Å². The molecular formula is C19H19ClN2OS. The summed E-state index contributed by atoms with van der Waals surface area (Å²) >= 11 is 8.00. The molecule has 124 valence electrons. The van der Waals surface area contributed by atoms with Crippen molar-refractivity contribution in [1.29, 1.82) is 0 Å². The van der Waals surface area contributed by atoms with Crippen LogP contribution < -0.4 is 4.74 Å². The molecule has 0 bridgehead atoms. The number of thioether (sulfide) groups is 1. The Hall–Kier alpha value is -1.65. The summed E-state index contributed by atoms with van der Waals surface area (Å²) in [6.07, 6.45) is 3.96. The molecule has 0 fully saturated rings. The molecule has 5 heteroatoms. The van der Waals surface area contributed by atoms with Crippen molar-refractivity contribution in [3.8, 4) is 5.75 Å². The molecule has 2 atom stereocenters. The van der Waals surface area contributed by atoms with E-state index in [1.54, 1.807) is 0 Å². The molecule has 0 saturated carbocycles. The summed E-state index contributed by atoms with van der Waals surface area (Å²) in [4.78, 5) is 0. The van der Waals surface area contributed by atoms with Crippen molar-refractivity contribution >= 4 is 29.1 Å². The van der Waals surface area contributed by atoms with Gasteiger partial charge in [0.15, 0.2) is 6.23 Å². The largest absolute Gasteiger partial charge is 0.469 e. The molecule has 0 aliphatic carbocycles. The van der Waals surface area contributed by atoms with Gasteiger partial charge in [-0.15, -0.1) is 0 Å². The normalized spacial score (nSPS) is 21.8. The third-order valence-electron chi connectivity index (χ3n) is 4.51. The molecule has 0 radical (unpaired) electrons. The van der Waals surface area contributed by atoms with Crippen LogP contribution in [-0.4, -0.2) is 29.0 Å². The van der Waals surface area contributed by atoms with E-state index in [0.717, 1.165) is 40.6 Å². The summed E-state index contributed by atoms with van der Waals surface area (Å²) in [5.41, 5.74) is 3.40. The van der Waals surface area contributed by atoms with Crippen LogP contribution in [-0.2, 0) is 0 Å². The first kappa shape index (κ1) is 15.9. The Kier molecular flexibility index (Phi) is 4.42. The molecule has 0 amide bonds. The van der Waals surface area contributed by atoms with E-state index in [9.17, 15) is 0 Å². The molecule has 0 aromatic heterocycles. The molecule has 0 unspecified atom stereocenters. The van der Waals surface area contributed by atoms with Crippen LogP contribution in [0.15, 0.2) is 53.6 Å². The van der Waals surface area contributed by atoms with E-state index < -0.39 is 0 Å². The van der Waals surface area contributed by atoms with Crippen molar-refractivity contribution in [1.82, 2.24) is 5.01 Å². The number of fused-ring (bicyclic) bond motifs is 3. The average molecular weight is 359 g/mol. The summed E-state index contributed by atoms with van der Waals surface area (Å²) in [5.74, 6) is 2.05. The van der Waals surface area contributed by atoms with E-state index in [-0.39, 0.29) is 12.3 Å². The topological polar surface area (TPSA) is 24.8 Å². The highest BCUT2D eigenvalue weighted by Crippen LogP contribution is 2.43. The molecule has 24 heavy (non-hydrogen) atoms. The van der Waals surface area contributed by atoms with Crippen LogP contribution in [0.1, 0.15) is 30.0 Å². The highest BCUT2D eigenvalue weighted by atomic mass is 35.5. The van der Waals surface area contributed by atoms with E-state index in [1.807, 2.05) is 36.0 Å². The minimum absolute atomic E-state index is 0.00552. The Labute approximate surface area is 151 Å². The number of para-hydroxylation sites is 1. The zero-order chi connectivity index (χ0) is 16.5. The second kappa shape index (κ2) is 6.69. The number of hydrogen-bond acceptors (Lipinski definition) is 4. The number of hydrogen-bond donors (Lipinski definition) is 0. The smallest absolute Gasteiger partial charge is 0.188 e. The predicted octanol–water partition coefficient (Wildman–Crippen LogP) is 4.96. The highest BCUT2D eigenvalue weighted by Gasteiger charge is 2.39. The Morgan fingerprint density at radius 1 is 1.25 bits per heavy atom. The monoisotopic (exact) mass is 358 g/mol. The van der Waals surface area contributed by atoms with E-state index in [1.165, 1.54) is 5.56 Å². The van der Waals surface area contributed by atoms with Gasteiger partial charge >= 0.3 is 0 Å². The molecular weight excluding hydrogens is 340 g/mol. The quantitative estimate of drug-likeness (QED) is 0.772. The summed E-state index contributed by atoms with van der Waals surface area (Å²) in [6.45, 7) is 0. The van der Waals surface area contributed by atoms with Crippen LogP contribution in [0.4, 0.5) is 0 Å². The third-order valence-corrected chi connectivity index (χ3v) is 5.38. The first-order valence-corrected chi connectivity index (χ1v) is 9.89. The van der Waals surface area contributed by atoms with Crippen molar-refractivity contribution in [2.45, 2.75) is 25.1 Å². The van der Waals surface area contributed by atoms with E-state index >= 15 is 0 Å². The van der Waals surface area contributed by atoms with Crippen molar-refractivity contribution in [3.63, 3.8) is 0 Å². The van der Waals surface area contributed by atoms with Crippen molar-refractivity contribution in [3.05, 3.63) is 64.7 Å². The fourth-order valence-corrected chi connectivity index (χ4v) is 3.99. The maximum absolute atomic E-state index is 6.24. The number of halogens is 1. The van der Waals surface area contributed by atoms with Crippen molar-refractivity contribution in [2.24, 2.45) is 5.10 Å². The SMILES string of the molecule is CSCC[C@H]1Oc2ccccc2[C@@H]2CC(c3cccc(Cl)c3)=NN12. The van der Waals surface area contributed by atoms with E-state index in [2.05, 4.69) is 35.5 Å². The van der Waals surface area contributed by atoms with Crippen LogP contribution in [0.2, 0.25) is 5.02 Å². The zero-order valence-electron chi connectivity index (χ0n) is 13.5. The molecule has 2 aliphatic heterocycles.